The van der Waals surface area contributed by atoms with Crippen LogP contribution in [0.3, 0.4) is 0 Å². The van der Waals surface area contributed by atoms with E-state index in [1.165, 1.54) is 0 Å². The summed E-state index contributed by atoms with van der Waals surface area (Å²) in [6.07, 6.45) is 2.56. The molecule has 1 aliphatic heterocycles. The highest BCUT2D eigenvalue weighted by molar-refractivity contribution is 6.42. The molecule has 0 fully saturated rings. The van der Waals surface area contributed by atoms with Crippen LogP contribution in [0.5, 0.6) is 0 Å². The van der Waals surface area contributed by atoms with Crippen LogP contribution in [-0.4, -0.2) is 24.6 Å². The van der Waals surface area contributed by atoms with Gasteiger partial charge in [0.25, 0.3) is 0 Å². The Kier molecular flexibility index (Phi) is 6.24. The predicted molar refractivity (Wildman–Crippen MR) is 114 cm³/mol. The molecule has 0 spiro atoms. The first-order valence-corrected chi connectivity index (χ1v) is 9.50. The third-order valence-corrected chi connectivity index (χ3v) is 5.40. The van der Waals surface area contributed by atoms with Gasteiger partial charge in [0.05, 0.1) is 15.7 Å². The highest BCUT2D eigenvalue weighted by atomic mass is 35.5. The number of hydrogen-bond donors (Lipinski definition) is 4. The fourth-order valence-electron chi connectivity index (χ4n) is 2.96. The van der Waals surface area contributed by atoms with Gasteiger partial charge in [0.15, 0.2) is 5.96 Å². The van der Waals surface area contributed by atoms with Gasteiger partial charge >= 0.3 is 0 Å². The van der Waals surface area contributed by atoms with E-state index in [0.29, 0.717) is 28.1 Å². The number of nitrogens with two attached hydrogens (primary N) is 2. The van der Waals surface area contributed by atoms with E-state index in [-0.39, 0.29) is 6.17 Å². The lowest BCUT2D eigenvalue weighted by atomic mass is 10.0. The van der Waals surface area contributed by atoms with Crippen LogP contribution in [0.15, 0.2) is 47.5 Å². The smallest absolute Gasteiger partial charge is 0.248 e. The first-order chi connectivity index (χ1) is 13.3. The third kappa shape index (κ3) is 4.65. The number of amides is 1. The first-order valence-electron chi connectivity index (χ1n) is 8.75. The molecule has 0 saturated carbocycles. The normalized spacial score (nSPS) is 16.2. The Bertz CT molecular complexity index is 954. The molecule has 1 atom stereocenters. The number of halogens is 2. The Balaban J connectivity index is 1.67. The molecule has 0 aromatic heterocycles. The number of carbonyl (C=O) groups excluding carboxylic acids is 1. The van der Waals surface area contributed by atoms with Crippen LogP contribution in [0.2, 0.25) is 10.0 Å². The minimum atomic E-state index is -0.430. The van der Waals surface area contributed by atoms with Crippen molar-refractivity contribution in [2.45, 2.75) is 19.5 Å². The maximum Gasteiger partial charge on any atom is 0.248 e. The van der Waals surface area contributed by atoms with Crippen LogP contribution < -0.4 is 22.1 Å². The number of hydrogen-bond acceptors (Lipinski definition) is 5. The number of nitrogens with zero attached hydrogens (tertiary/aromatic N) is 1. The standard InChI is InChI=1S/C20H21Cl2N5O/c1-11-14(6-7-15(21)18(11)22)16-10-17(27-20(24)26-16)25-9-8-12-2-4-13(5-3-12)19(23)28/h2-7,10,17,25H,8-9H2,1H3,(H2,23,28)(H3,24,26,27). The van der Waals surface area contributed by atoms with Crippen LogP contribution in [0.1, 0.15) is 27.0 Å². The molecule has 1 amide bonds. The molecule has 0 saturated heterocycles. The minimum absolute atomic E-state index is 0.175. The van der Waals surface area contributed by atoms with Crippen LogP contribution in [-0.2, 0) is 6.42 Å². The van der Waals surface area contributed by atoms with Gasteiger partial charge in [0, 0.05) is 17.7 Å². The number of carbonyl (C=O) groups is 1. The van der Waals surface area contributed by atoms with Crippen molar-refractivity contribution in [1.82, 2.24) is 10.6 Å². The SMILES string of the molecule is Cc1c(C2=CC(NCCc3ccc(C(N)=O)cc3)NC(N)=N2)ccc(Cl)c1Cl. The van der Waals surface area contributed by atoms with Crippen molar-refractivity contribution >= 4 is 40.8 Å². The van der Waals surface area contributed by atoms with E-state index < -0.39 is 5.91 Å². The molecule has 1 aliphatic rings. The van der Waals surface area contributed by atoms with Crippen molar-refractivity contribution in [2.24, 2.45) is 16.5 Å². The quantitative estimate of drug-likeness (QED) is 0.579. The molecule has 8 heteroatoms. The number of rotatable bonds is 6. The average molecular weight is 418 g/mol. The van der Waals surface area contributed by atoms with Gasteiger partial charge in [-0.1, -0.05) is 41.4 Å². The summed E-state index contributed by atoms with van der Waals surface area (Å²) in [6.45, 7) is 2.60. The van der Waals surface area contributed by atoms with Crippen molar-refractivity contribution in [3.8, 4) is 0 Å². The van der Waals surface area contributed by atoms with Crippen molar-refractivity contribution < 1.29 is 4.79 Å². The summed E-state index contributed by atoms with van der Waals surface area (Å²) < 4.78 is 0. The zero-order valence-corrected chi connectivity index (χ0v) is 16.8. The van der Waals surface area contributed by atoms with Gasteiger partial charge in [0.2, 0.25) is 5.91 Å². The number of nitrogens with one attached hydrogen (secondary N) is 2. The Morgan fingerprint density at radius 3 is 2.61 bits per heavy atom. The largest absolute Gasteiger partial charge is 0.370 e. The van der Waals surface area contributed by atoms with E-state index in [9.17, 15) is 4.79 Å². The maximum atomic E-state index is 11.1. The molecule has 3 rings (SSSR count). The van der Waals surface area contributed by atoms with Crippen molar-refractivity contribution in [1.29, 1.82) is 0 Å². The molecule has 1 unspecified atom stereocenters. The van der Waals surface area contributed by atoms with E-state index in [4.69, 9.17) is 34.7 Å². The maximum absolute atomic E-state index is 11.1. The lowest BCUT2D eigenvalue weighted by Crippen LogP contribution is -2.49. The zero-order valence-electron chi connectivity index (χ0n) is 15.3. The molecule has 6 nitrogen and oxygen atoms in total. The first kappa shape index (κ1) is 20.2. The second-order valence-electron chi connectivity index (χ2n) is 6.47. The summed E-state index contributed by atoms with van der Waals surface area (Å²) in [5.74, 6) is -0.104. The highest BCUT2D eigenvalue weighted by Crippen LogP contribution is 2.32. The lowest BCUT2D eigenvalue weighted by molar-refractivity contribution is 0.100. The van der Waals surface area contributed by atoms with Crippen LogP contribution in [0.25, 0.3) is 5.70 Å². The van der Waals surface area contributed by atoms with Gasteiger partial charge in [0.1, 0.15) is 6.17 Å². The van der Waals surface area contributed by atoms with Gasteiger partial charge in [-0.3, -0.25) is 10.1 Å². The number of primary amides is 1. The minimum Gasteiger partial charge on any atom is -0.370 e. The van der Waals surface area contributed by atoms with Crippen molar-refractivity contribution in [2.75, 3.05) is 6.54 Å². The number of guanidine groups is 1. The molecule has 2 aromatic rings. The molecule has 6 N–H and O–H groups in total. The van der Waals surface area contributed by atoms with Gasteiger partial charge in [-0.05, 0) is 48.7 Å². The summed E-state index contributed by atoms with van der Waals surface area (Å²) in [5.41, 5.74) is 15.3. The fraction of sp³-hybridized carbons (Fsp3) is 0.200. The Hall–Kier alpha value is -2.54. The van der Waals surface area contributed by atoms with Crippen molar-refractivity contribution in [3.63, 3.8) is 0 Å². The Morgan fingerprint density at radius 2 is 1.93 bits per heavy atom. The van der Waals surface area contributed by atoms with Gasteiger partial charge in [-0.15, -0.1) is 0 Å². The topological polar surface area (TPSA) is 106 Å². The molecule has 28 heavy (non-hydrogen) atoms. The van der Waals surface area contributed by atoms with E-state index in [1.54, 1.807) is 18.2 Å². The van der Waals surface area contributed by atoms with Crippen LogP contribution in [0, 0.1) is 6.92 Å². The average Bonchev–Trinajstić information content (AvgIpc) is 2.66. The monoisotopic (exact) mass is 417 g/mol. The number of benzene rings is 2. The summed E-state index contributed by atoms with van der Waals surface area (Å²) >= 11 is 12.3. The molecule has 2 aromatic carbocycles. The summed E-state index contributed by atoms with van der Waals surface area (Å²) in [6, 6.07) is 10.9. The van der Waals surface area contributed by atoms with Crippen LogP contribution in [0.4, 0.5) is 0 Å². The van der Waals surface area contributed by atoms with Gasteiger partial charge < -0.3 is 16.8 Å². The molecular formula is C20H21Cl2N5O. The third-order valence-electron chi connectivity index (χ3n) is 4.50. The van der Waals surface area contributed by atoms with E-state index in [0.717, 1.165) is 28.8 Å². The summed E-state index contributed by atoms with van der Waals surface area (Å²) in [4.78, 5) is 15.5. The molecule has 146 valence electrons. The zero-order chi connectivity index (χ0) is 20.3. The van der Waals surface area contributed by atoms with E-state index >= 15 is 0 Å². The molecule has 0 bridgehead atoms. The van der Waals surface area contributed by atoms with Crippen LogP contribution >= 0.6 is 23.2 Å². The number of aliphatic imine (C=N–C) groups is 1. The Labute approximate surface area is 173 Å². The summed E-state index contributed by atoms with van der Waals surface area (Å²) in [7, 11) is 0. The molecule has 1 heterocycles. The second-order valence-corrected chi connectivity index (χ2v) is 7.26. The second kappa shape index (κ2) is 8.65. The van der Waals surface area contributed by atoms with E-state index in [2.05, 4.69) is 15.6 Å². The lowest BCUT2D eigenvalue weighted by Gasteiger charge is -2.23. The highest BCUT2D eigenvalue weighted by Gasteiger charge is 2.17. The van der Waals surface area contributed by atoms with Gasteiger partial charge in [-0.2, -0.15) is 0 Å². The van der Waals surface area contributed by atoms with Crippen molar-refractivity contribution in [3.05, 3.63) is 74.8 Å². The molecule has 0 aliphatic carbocycles. The molecule has 0 radical (unpaired) electrons. The fourth-order valence-corrected chi connectivity index (χ4v) is 3.32. The predicted octanol–water partition coefficient (Wildman–Crippen LogP) is 2.82. The Morgan fingerprint density at radius 1 is 1.21 bits per heavy atom. The van der Waals surface area contributed by atoms with Gasteiger partial charge in [-0.25, -0.2) is 4.99 Å². The molecular weight excluding hydrogens is 397 g/mol. The summed E-state index contributed by atoms with van der Waals surface area (Å²) in [5, 5.41) is 7.49. The van der Waals surface area contributed by atoms with E-state index in [1.807, 2.05) is 31.2 Å².